The van der Waals surface area contributed by atoms with Gasteiger partial charge in [-0.25, -0.2) is 0 Å². The zero-order valence-corrected chi connectivity index (χ0v) is 15.9. The molecule has 1 aromatic rings. The van der Waals surface area contributed by atoms with Crippen LogP contribution in [0.5, 0.6) is 0 Å². The fraction of sp³-hybridized carbons (Fsp3) is 0.619. The Labute approximate surface area is 156 Å². The van der Waals surface area contributed by atoms with E-state index in [1.807, 2.05) is 9.80 Å². The molecule has 2 aliphatic heterocycles. The molecule has 2 atom stereocenters. The summed E-state index contributed by atoms with van der Waals surface area (Å²) in [6.07, 6.45) is 2.70. The van der Waals surface area contributed by atoms with Crippen molar-refractivity contribution in [3.63, 3.8) is 0 Å². The highest BCUT2D eigenvalue weighted by atomic mass is 16.3. The van der Waals surface area contributed by atoms with Gasteiger partial charge in [-0.05, 0) is 44.1 Å². The lowest BCUT2D eigenvalue weighted by Crippen LogP contribution is -2.50. The number of β-amino-alcohol motifs (C(OH)–C–C–N with tert-alkyl or cyclic N) is 1. The quantitative estimate of drug-likeness (QED) is 0.899. The lowest BCUT2D eigenvalue weighted by atomic mass is 9.86. The second kappa shape index (κ2) is 8.21. The monoisotopic (exact) mass is 358 g/mol. The minimum absolute atomic E-state index is 0.00822. The number of likely N-dealkylation sites (tertiary alicyclic amines) is 2. The number of amides is 2. The molecule has 2 amide bonds. The molecular formula is C21H30N2O3. The average Bonchev–Trinajstić information content (AvgIpc) is 2.63. The SMILES string of the molecule is CC(=O)N1CCC(C(=O)N2CC[C@H](Cc3cccc(C)c3)[C@@H](O)C2)CC1. The third-order valence-corrected chi connectivity index (χ3v) is 5.90. The van der Waals surface area contributed by atoms with Gasteiger partial charge in [0.1, 0.15) is 0 Å². The van der Waals surface area contributed by atoms with Crippen LogP contribution in [0.3, 0.4) is 0 Å². The van der Waals surface area contributed by atoms with E-state index >= 15 is 0 Å². The molecular weight excluding hydrogens is 328 g/mol. The fourth-order valence-electron chi connectivity index (χ4n) is 4.26. The fourth-order valence-corrected chi connectivity index (χ4v) is 4.26. The number of carbonyl (C=O) groups is 2. The summed E-state index contributed by atoms with van der Waals surface area (Å²) in [5.41, 5.74) is 2.49. The van der Waals surface area contributed by atoms with Crippen molar-refractivity contribution in [1.82, 2.24) is 9.80 Å². The smallest absolute Gasteiger partial charge is 0.225 e. The molecule has 0 bridgehead atoms. The highest BCUT2D eigenvalue weighted by molar-refractivity contribution is 5.80. The number of carbonyl (C=O) groups excluding carboxylic acids is 2. The van der Waals surface area contributed by atoms with E-state index < -0.39 is 6.10 Å². The summed E-state index contributed by atoms with van der Waals surface area (Å²) in [7, 11) is 0. The van der Waals surface area contributed by atoms with Gasteiger partial charge in [-0.1, -0.05) is 29.8 Å². The molecule has 2 fully saturated rings. The predicted molar refractivity (Wildman–Crippen MR) is 101 cm³/mol. The second-order valence-corrected chi connectivity index (χ2v) is 7.87. The van der Waals surface area contributed by atoms with Crippen LogP contribution in [0.2, 0.25) is 0 Å². The second-order valence-electron chi connectivity index (χ2n) is 7.87. The minimum Gasteiger partial charge on any atom is -0.391 e. The van der Waals surface area contributed by atoms with Gasteiger partial charge in [-0.2, -0.15) is 0 Å². The van der Waals surface area contributed by atoms with Crippen LogP contribution in [-0.2, 0) is 16.0 Å². The number of nitrogens with zero attached hydrogens (tertiary/aromatic N) is 2. The number of aliphatic hydroxyl groups excluding tert-OH is 1. The lowest BCUT2D eigenvalue weighted by molar-refractivity contribution is -0.143. The van der Waals surface area contributed by atoms with Crippen molar-refractivity contribution >= 4 is 11.8 Å². The van der Waals surface area contributed by atoms with Gasteiger partial charge >= 0.3 is 0 Å². The van der Waals surface area contributed by atoms with E-state index in [0.29, 0.717) is 19.6 Å². The Balaban J connectivity index is 1.52. The highest BCUT2D eigenvalue weighted by Gasteiger charge is 2.34. The van der Waals surface area contributed by atoms with Crippen LogP contribution in [0.4, 0.5) is 0 Å². The Hall–Kier alpha value is -1.88. The molecule has 0 aliphatic carbocycles. The molecule has 2 aliphatic rings. The van der Waals surface area contributed by atoms with Gasteiger partial charge in [0.2, 0.25) is 11.8 Å². The average molecular weight is 358 g/mol. The van der Waals surface area contributed by atoms with Gasteiger partial charge < -0.3 is 14.9 Å². The molecule has 0 unspecified atom stereocenters. The van der Waals surface area contributed by atoms with Crippen molar-refractivity contribution < 1.29 is 14.7 Å². The Morgan fingerprint density at radius 2 is 1.81 bits per heavy atom. The van der Waals surface area contributed by atoms with Gasteiger partial charge in [0.05, 0.1) is 6.10 Å². The molecule has 5 nitrogen and oxygen atoms in total. The van der Waals surface area contributed by atoms with Crippen LogP contribution in [0.1, 0.15) is 37.3 Å². The predicted octanol–water partition coefficient (Wildman–Crippen LogP) is 2.01. The summed E-state index contributed by atoms with van der Waals surface area (Å²) in [5.74, 6) is 0.441. The van der Waals surface area contributed by atoms with Crippen LogP contribution in [0, 0.1) is 18.8 Å². The summed E-state index contributed by atoms with van der Waals surface area (Å²) in [4.78, 5) is 27.9. The van der Waals surface area contributed by atoms with E-state index in [4.69, 9.17) is 0 Å². The van der Waals surface area contributed by atoms with Crippen LogP contribution >= 0.6 is 0 Å². The first-order chi connectivity index (χ1) is 12.4. The van der Waals surface area contributed by atoms with Crippen LogP contribution in [0.25, 0.3) is 0 Å². The minimum atomic E-state index is -0.467. The number of hydrogen-bond acceptors (Lipinski definition) is 3. The zero-order valence-electron chi connectivity index (χ0n) is 15.9. The first kappa shape index (κ1) is 18.9. The number of aliphatic hydroxyl groups is 1. The maximum atomic E-state index is 12.8. The maximum absolute atomic E-state index is 12.8. The molecule has 2 heterocycles. The van der Waals surface area contributed by atoms with E-state index in [1.165, 1.54) is 11.1 Å². The largest absolute Gasteiger partial charge is 0.391 e. The first-order valence-corrected chi connectivity index (χ1v) is 9.72. The topological polar surface area (TPSA) is 60.9 Å². The molecule has 142 valence electrons. The van der Waals surface area contributed by atoms with Crippen LogP contribution < -0.4 is 0 Å². The summed E-state index contributed by atoms with van der Waals surface area (Å²) < 4.78 is 0. The van der Waals surface area contributed by atoms with E-state index in [1.54, 1.807) is 6.92 Å². The summed E-state index contributed by atoms with van der Waals surface area (Å²) in [5, 5.41) is 10.6. The van der Waals surface area contributed by atoms with Crippen molar-refractivity contribution in [2.24, 2.45) is 11.8 Å². The molecule has 0 spiro atoms. The number of aryl methyl sites for hydroxylation is 1. The molecule has 0 radical (unpaired) electrons. The van der Waals surface area contributed by atoms with Crippen molar-refractivity contribution in [2.45, 2.75) is 45.6 Å². The van der Waals surface area contributed by atoms with Crippen molar-refractivity contribution in [3.05, 3.63) is 35.4 Å². The van der Waals surface area contributed by atoms with Gasteiger partial charge in [0.15, 0.2) is 0 Å². The molecule has 2 saturated heterocycles. The Kier molecular flexibility index (Phi) is 5.97. The van der Waals surface area contributed by atoms with Crippen molar-refractivity contribution in [2.75, 3.05) is 26.2 Å². The molecule has 1 N–H and O–H groups in total. The lowest BCUT2D eigenvalue weighted by Gasteiger charge is -2.39. The number of rotatable bonds is 3. The Bertz CT molecular complexity index is 652. The number of piperidine rings is 2. The third kappa shape index (κ3) is 4.44. The van der Waals surface area contributed by atoms with Crippen LogP contribution in [0.15, 0.2) is 24.3 Å². The molecule has 26 heavy (non-hydrogen) atoms. The van der Waals surface area contributed by atoms with Gasteiger partial charge in [0.25, 0.3) is 0 Å². The van der Waals surface area contributed by atoms with Crippen molar-refractivity contribution in [1.29, 1.82) is 0 Å². The highest BCUT2D eigenvalue weighted by Crippen LogP contribution is 2.26. The van der Waals surface area contributed by atoms with E-state index in [0.717, 1.165) is 32.2 Å². The summed E-state index contributed by atoms with van der Waals surface area (Å²) in [6.45, 7) is 6.15. The molecule has 0 aromatic heterocycles. The van der Waals surface area contributed by atoms with Gasteiger partial charge in [0, 0.05) is 39.0 Å². The van der Waals surface area contributed by atoms with Gasteiger partial charge in [-0.3, -0.25) is 9.59 Å². The molecule has 0 saturated carbocycles. The van der Waals surface area contributed by atoms with E-state index in [-0.39, 0.29) is 23.7 Å². The van der Waals surface area contributed by atoms with Crippen molar-refractivity contribution in [3.8, 4) is 0 Å². The summed E-state index contributed by atoms with van der Waals surface area (Å²) >= 11 is 0. The normalized spacial score (nSPS) is 24.6. The third-order valence-electron chi connectivity index (χ3n) is 5.90. The van der Waals surface area contributed by atoms with Crippen LogP contribution in [-0.4, -0.2) is 59.0 Å². The maximum Gasteiger partial charge on any atom is 0.225 e. The van der Waals surface area contributed by atoms with E-state index in [2.05, 4.69) is 31.2 Å². The van der Waals surface area contributed by atoms with Gasteiger partial charge in [-0.15, -0.1) is 0 Å². The zero-order chi connectivity index (χ0) is 18.7. The molecule has 5 heteroatoms. The Morgan fingerprint density at radius 3 is 2.42 bits per heavy atom. The Morgan fingerprint density at radius 1 is 1.12 bits per heavy atom. The standard InChI is InChI=1S/C21H30N2O3/c1-15-4-3-5-17(12-15)13-19-8-11-23(14-20(19)25)21(26)18-6-9-22(10-7-18)16(2)24/h3-5,12,18-20,25H,6-11,13-14H2,1-2H3/t19-,20+/m1/s1. The first-order valence-electron chi connectivity index (χ1n) is 9.72. The summed E-state index contributed by atoms with van der Waals surface area (Å²) in [6, 6.07) is 8.43. The number of benzene rings is 1. The van der Waals surface area contributed by atoms with E-state index in [9.17, 15) is 14.7 Å². The molecule has 1 aromatic carbocycles. The number of hydrogen-bond donors (Lipinski definition) is 1. The molecule has 3 rings (SSSR count).